The van der Waals surface area contributed by atoms with Gasteiger partial charge in [0, 0.05) is 31.3 Å². The zero-order valence-corrected chi connectivity index (χ0v) is 24.0. The normalized spacial score (nSPS) is 17.9. The first-order chi connectivity index (χ1) is 15.8. The van der Waals surface area contributed by atoms with Gasteiger partial charge in [-0.2, -0.15) is 0 Å². The van der Waals surface area contributed by atoms with E-state index < -0.39 is 0 Å². The maximum Gasteiger partial charge on any atom is 0.313 e. The Bertz CT molecular complexity index is 734. The largest absolute Gasteiger partial charge is 0.390 e. The number of hydrogen-bond donors (Lipinski definition) is 2. The smallest absolute Gasteiger partial charge is 0.313 e. The topological polar surface area (TPSA) is 41.1 Å². The molecule has 0 bridgehead atoms. The summed E-state index contributed by atoms with van der Waals surface area (Å²) in [7, 11) is 8.63. The molecule has 5 nitrogen and oxygen atoms in total. The van der Waals surface area contributed by atoms with E-state index in [4.69, 9.17) is 0 Å². The Kier molecular flexibility index (Phi) is 12.1. The molecule has 5 heteroatoms. The predicted octanol–water partition coefficient (Wildman–Crippen LogP) is 5.57. The van der Waals surface area contributed by atoms with Crippen LogP contribution in [0.5, 0.6) is 0 Å². The minimum atomic E-state index is 0.179. The summed E-state index contributed by atoms with van der Waals surface area (Å²) in [6, 6.07) is 0. The van der Waals surface area contributed by atoms with Crippen LogP contribution in [0.4, 0.5) is 0 Å². The summed E-state index contributed by atoms with van der Waals surface area (Å²) < 4.78 is 1.22. The molecule has 2 atom stereocenters. The third-order valence-electron chi connectivity index (χ3n) is 8.19. The van der Waals surface area contributed by atoms with E-state index in [9.17, 15) is 4.79 Å². The summed E-state index contributed by atoms with van der Waals surface area (Å²) in [6.45, 7) is 19.6. The number of nitrogens with one attached hydrogen (secondary N) is 2. The van der Waals surface area contributed by atoms with E-state index in [1.54, 1.807) is 0 Å². The average molecular weight is 477 g/mol. The Morgan fingerprint density at radius 2 is 1.91 bits per heavy atom. The lowest BCUT2D eigenvalue weighted by Crippen LogP contribution is -2.49. The van der Waals surface area contributed by atoms with Gasteiger partial charge in [-0.25, -0.2) is 4.79 Å². The molecule has 0 aromatic rings. The standard InChI is InChI=1S/C29H56N4O/c1-11-13-16-28(34)32(7,8)19-17-29(6,12-2)25(4)21-31-26(5)33(9,10)23-27-20-24(3)15-14-18-30-22-27/h15,22,25,30-31H,5,11-14,16-21,23H2,1-4,6-10H3/q+2. The van der Waals surface area contributed by atoms with Crippen molar-refractivity contribution < 1.29 is 13.8 Å². The minimum absolute atomic E-state index is 0.179. The van der Waals surface area contributed by atoms with E-state index in [0.29, 0.717) is 22.7 Å². The lowest BCUT2D eigenvalue weighted by molar-refractivity contribution is -0.850. The van der Waals surface area contributed by atoms with E-state index in [1.807, 2.05) is 0 Å². The fourth-order valence-corrected chi connectivity index (χ4v) is 4.60. The van der Waals surface area contributed by atoms with Crippen molar-refractivity contribution in [3.63, 3.8) is 0 Å². The summed E-state index contributed by atoms with van der Waals surface area (Å²) in [5.41, 5.74) is 3.05. The molecule has 2 N–H and O–H groups in total. The van der Waals surface area contributed by atoms with Crippen molar-refractivity contribution in [2.75, 3.05) is 54.4 Å². The molecular weight excluding hydrogens is 420 g/mol. The molecule has 1 amide bonds. The Morgan fingerprint density at radius 1 is 1.24 bits per heavy atom. The SMILES string of the molecule is C=C(NCC(C)C(C)(CC)CC[N+](C)(C)C(=O)CCCC)[N+](C)(C)CC1=CNCCC=C(C)C1. The van der Waals surface area contributed by atoms with Crippen molar-refractivity contribution in [2.24, 2.45) is 11.3 Å². The lowest BCUT2D eigenvalue weighted by atomic mass is 9.73. The van der Waals surface area contributed by atoms with Gasteiger partial charge >= 0.3 is 5.91 Å². The van der Waals surface area contributed by atoms with Gasteiger partial charge in [0.15, 0.2) is 5.82 Å². The highest BCUT2D eigenvalue weighted by atomic mass is 16.2. The van der Waals surface area contributed by atoms with Crippen molar-refractivity contribution in [2.45, 2.75) is 79.6 Å². The van der Waals surface area contributed by atoms with Gasteiger partial charge in [0.05, 0.1) is 41.2 Å². The van der Waals surface area contributed by atoms with Gasteiger partial charge in [-0.05, 0) is 44.1 Å². The molecule has 0 fully saturated rings. The third kappa shape index (κ3) is 9.58. The zero-order valence-electron chi connectivity index (χ0n) is 24.0. The number of hydrogen-bond acceptors (Lipinski definition) is 3. The molecule has 0 spiro atoms. The maximum absolute atomic E-state index is 12.7. The van der Waals surface area contributed by atoms with Gasteiger partial charge in [0.25, 0.3) is 0 Å². The lowest BCUT2D eigenvalue weighted by Gasteiger charge is -2.39. The number of allylic oxidation sites excluding steroid dienone is 1. The Hall–Kier alpha value is -1.59. The molecular formula is C29H56N4O+2. The number of quaternary nitrogens is 2. The van der Waals surface area contributed by atoms with Crippen LogP contribution in [-0.4, -0.2) is 69.2 Å². The zero-order chi connectivity index (χ0) is 26.0. The molecule has 0 aromatic heterocycles. The van der Waals surface area contributed by atoms with Crippen LogP contribution in [0.1, 0.15) is 79.6 Å². The number of rotatable bonds is 14. The monoisotopic (exact) mass is 476 g/mol. The number of carbonyl (C=O) groups excluding carboxylic acids is 1. The summed E-state index contributed by atoms with van der Waals surface area (Å²) in [4.78, 5) is 12.7. The van der Waals surface area contributed by atoms with Crippen LogP contribution >= 0.6 is 0 Å². The molecule has 0 aromatic carbocycles. The second-order valence-corrected chi connectivity index (χ2v) is 12.0. The molecule has 0 radical (unpaired) electrons. The molecule has 0 saturated carbocycles. The highest BCUT2D eigenvalue weighted by Gasteiger charge is 2.35. The van der Waals surface area contributed by atoms with Gasteiger partial charge in [-0.1, -0.05) is 52.2 Å². The summed E-state index contributed by atoms with van der Waals surface area (Å²) >= 11 is 0. The Morgan fingerprint density at radius 3 is 2.53 bits per heavy atom. The Balaban J connectivity index is 2.69. The molecule has 1 heterocycles. The fourth-order valence-electron chi connectivity index (χ4n) is 4.60. The van der Waals surface area contributed by atoms with Crippen molar-refractivity contribution in [3.8, 4) is 0 Å². The molecule has 2 unspecified atom stereocenters. The van der Waals surface area contributed by atoms with Gasteiger partial charge < -0.3 is 10.6 Å². The van der Waals surface area contributed by atoms with Gasteiger partial charge in [-0.3, -0.25) is 8.97 Å². The summed E-state index contributed by atoms with van der Waals surface area (Å²) in [5.74, 6) is 1.90. The van der Waals surface area contributed by atoms with Gasteiger partial charge in [0.2, 0.25) is 0 Å². The van der Waals surface area contributed by atoms with Crippen LogP contribution in [0.15, 0.2) is 35.8 Å². The van der Waals surface area contributed by atoms with E-state index >= 15 is 0 Å². The second-order valence-electron chi connectivity index (χ2n) is 12.0. The van der Waals surface area contributed by atoms with Crippen molar-refractivity contribution in [1.82, 2.24) is 10.6 Å². The second kappa shape index (κ2) is 13.5. The van der Waals surface area contributed by atoms with Crippen LogP contribution in [0.2, 0.25) is 0 Å². The highest BCUT2D eigenvalue weighted by Crippen LogP contribution is 2.35. The maximum atomic E-state index is 12.7. The molecule has 34 heavy (non-hydrogen) atoms. The van der Waals surface area contributed by atoms with E-state index in [2.05, 4.69) is 92.3 Å². The molecule has 1 aliphatic heterocycles. The van der Waals surface area contributed by atoms with E-state index in [1.165, 1.54) is 11.1 Å². The fraction of sp³-hybridized carbons (Fsp3) is 0.759. The Labute approximate surface area is 211 Å². The van der Waals surface area contributed by atoms with Crippen LogP contribution < -0.4 is 10.6 Å². The minimum Gasteiger partial charge on any atom is -0.390 e. The molecule has 1 aliphatic rings. The van der Waals surface area contributed by atoms with Crippen molar-refractivity contribution in [3.05, 3.63) is 35.8 Å². The van der Waals surface area contributed by atoms with Crippen molar-refractivity contribution >= 4 is 5.91 Å². The number of carbonyl (C=O) groups is 1. The highest BCUT2D eigenvalue weighted by molar-refractivity contribution is 5.68. The first-order valence-electron chi connectivity index (χ1n) is 13.5. The number of nitrogens with zero attached hydrogens (tertiary/aromatic N) is 2. The summed E-state index contributed by atoms with van der Waals surface area (Å²) in [5, 5.41) is 7.13. The number of unbranched alkanes of at least 4 members (excludes halogenated alkanes) is 1. The molecule has 1 rings (SSSR count). The van der Waals surface area contributed by atoms with Crippen LogP contribution in [-0.2, 0) is 4.79 Å². The van der Waals surface area contributed by atoms with Crippen LogP contribution in [0.25, 0.3) is 0 Å². The van der Waals surface area contributed by atoms with E-state index in [0.717, 1.165) is 75.0 Å². The summed E-state index contributed by atoms with van der Waals surface area (Å²) in [6.07, 6.45) is 11.6. The van der Waals surface area contributed by atoms with Crippen molar-refractivity contribution in [1.29, 1.82) is 0 Å². The first-order valence-corrected chi connectivity index (χ1v) is 13.5. The predicted molar refractivity (Wildman–Crippen MR) is 147 cm³/mol. The molecule has 0 aliphatic carbocycles. The first kappa shape index (κ1) is 30.4. The number of likely N-dealkylation sites (N-methyl/N-ethyl adjacent to an activating group) is 1. The average Bonchev–Trinajstić information content (AvgIpc) is 2.76. The van der Waals surface area contributed by atoms with Crippen LogP contribution in [0.3, 0.4) is 0 Å². The molecule has 196 valence electrons. The van der Waals surface area contributed by atoms with Gasteiger partial charge in [-0.15, -0.1) is 0 Å². The third-order valence-corrected chi connectivity index (χ3v) is 8.19. The van der Waals surface area contributed by atoms with Crippen LogP contribution in [0, 0.1) is 11.3 Å². The van der Waals surface area contributed by atoms with Gasteiger partial charge in [0.1, 0.15) is 6.54 Å². The number of amides is 1. The van der Waals surface area contributed by atoms with E-state index in [-0.39, 0.29) is 5.41 Å². The molecule has 0 saturated heterocycles. The quantitative estimate of drug-likeness (QED) is 0.254.